The SMILES string of the molecule is CC[C@H](N=C(N=C(N)c1cc#ccc1)c1ccccc1)C1C=CC(c2cccc(-c3nc(-c4ccccc4)nc(-c4cccc5c4OC4=C(C=CC(C)C4)C5(C)C)n3)c2)=CC1. The van der Waals surface area contributed by atoms with E-state index in [1.807, 2.05) is 66.7 Å². The first-order valence-electron chi connectivity index (χ1n) is 21.1. The number of nitrogens with zero attached hydrogens (tertiary/aromatic N) is 5. The minimum Gasteiger partial charge on any atom is -0.460 e. The second kappa shape index (κ2) is 16.8. The molecule has 2 heterocycles. The molecule has 1 aliphatic heterocycles. The number of fused-ring (bicyclic) bond motifs is 1. The van der Waals surface area contributed by atoms with E-state index in [-0.39, 0.29) is 17.4 Å². The summed E-state index contributed by atoms with van der Waals surface area (Å²) >= 11 is 0. The average Bonchev–Trinajstić information content (AvgIpc) is 3.31. The van der Waals surface area contributed by atoms with Gasteiger partial charge in [0.25, 0.3) is 0 Å². The highest BCUT2D eigenvalue weighted by Crippen LogP contribution is 2.50. The zero-order chi connectivity index (χ0) is 41.9. The standard InChI is InChI=1S/C54H48N6O/c1-5-46(56-50(39-19-11-7-12-20-39)57-49(55)38-17-9-6-10-18-38)37-30-28-36(29-31-37)41-23-15-24-42(34-41)52-58-51(40-21-13-8-14-22-40)59-53(60-52)43-25-16-26-45-48(43)61-47-33-35(2)27-32-44(47)54(45,3)4/h7-9,11-30,32,34-35,37,46H,5,31,33H2,1-4H3,(H2,55,56,57)/t35?,37?,46-/m0/s1. The fourth-order valence-electron chi connectivity index (χ4n) is 8.46. The van der Waals surface area contributed by atoms with E-state index in [1.165, 1.54) is 5.57 Å². The summed E-state index contributed by atoms with van der Waals surface area (Å²) < 4.78 is 6.82. The maximum absolute atomic E-state index is 6.82. The van der Waals surface area contributed by atoms with Gasteiger partial charge in [0, 0.05) is 51.1 Å². The lowest BCUT2D eigenvalue weighted by Gasteiger charge is -2.38. The van der Waals surface area contributed by atoms with Crippen LogP contribution >= 0.6 is 0 Å². The van der Waals surface area contributed by atoms with Crippen molar-refractivity contribution in [2.75, 3.05) is 0 Å². The van der Waals surface area contributed by atoms with Gasteiger partial charge in [-0.05, 0) is 60.2 Å². The van der Waals surface area contributed by atoms with Gasteiger partial charge in [-0.3, -0.25) is 4.99 Å². The molecule has 7 nitrogen and oxygen atoms in total. The molecule has 0 bridgehead atoms. The molecule has 5 aromatic carbocycles. The molecule has 3 aliphatic rings. The Hall–Kier alpha value is -7.17. The van der Waals surface area contributed by atoms with E-state index in [0.717, 1.165) is 75.3 Å². The van der Waals surface area contributed by atoms with Crippen LogP contribution in [0.4, 0.5) is 0 Å². The summed E-state index contributed by atoms with van der Waals surface area (Å²) in [6.07, 6.45) is 13.9. The minimum absolute atomic E-state index is 0.00185. The number of para-hydroxylation sites is 1. The van der Waals surface area contributed by atoms with Crippen molar-refractivity contribution in [3.63, 3.8) is 0 Å². The Morgan fingerprint density at radius 2 is 1.52 bits per heavy atom. The largest absolute Gasteiger partial charge is 0.460 e. The average molecular weight is 797 g/mol. The fraction of sp³-hybridized carbons (Fsp3) is 0.204. The van der Waals surface area contributed by atoms with Crippen molar-refractivity contribution in [3.05, 3.63) is 197 Å². The molecule has 9 rings (SSSR count). The van der Waals surface area contributed by atoms with Gasteiger partial charge in [-0.15, -0.1) is 0 Å². The second-order valence-corrected chi connectivity index (χ2v) is 16.5. The van der Waals surface area contributed by atoms with E-state index in [4.69, 9.17) is 35.4 Å². The Kier molecular flexibility index (Phi) is 10.8. The first-order chi connectivity index (χ1) is 29.7. The molecule has 3 atom stereocenters. The molecule has 2 N–H and O–H groups in total. The lowest BCUT2D eigenvalue weighted by molar-refractivity contribution is 0.338. The molecule has 61 heavy (non-hydrogen) atoms. The highest BCUT2D eigenvalue weighted by atomic mass is 16.5. The Morgan fingerprint density at radius 1 is 0.803 bits per heavy atom. The summed E-state index contributed by atoms with van der Waals surface area (Å²) in [6.45, 7) is 8.96. The van der Waals surface area contributed by atoms with Gasteiger partial charge in [0.1, 0.15) is 17.3 Å². The number of ether oxygens (including phenoxy) is 1. The van der Waals surface area contributed by atoms with E-state index in [2.05, 4.69) is 113 Å². The lowest BCUT2D eigenvalue weighted by atomic mass is 9.72. The Balaban J connectivity index is 1.03. The van der Waals surface area contributed by atoms with Crippen LogP contribution in [0.25, 0.3) is 39.7 Å². The smallest absolute Gasteiger partial charge is 0.167 e. The number of amidine groups is 2. The van der Waals surface area contributed by atoms with Crippen molar-refractivity contribution < 1.29 is 4.74 Å². The second-order valence-electron chi connectivity index (χ2n) is 16.5. The minimum atomic E-state index is -0.238. The number of aliphatic imine (C=N–C) groups is 2. The van der Waals surface area contributed by atoms with E-state index in [0.29, 0.717) is 35.1 Å². The zero-order valence-electron chi connectivity index (χ0n) is 35.0. The molecule has 1 aromatic heterocycles. The van der Waals surface area contributed by atoms with Crippen molar-refractivity contribution in [2.45, 2.75) is 58.4 Å². The van der Waals surface area contributed by atoms with Crippen molar-refractivity contribution >= 4 is 17.2 Å². The van der Waals surface area contributed by atoms with Crippen LogP contribution in [0.2, 0.25) is 0 Å². The molecule has 7 heteroatoms. The monoisotopic (exact) mass is 796 g/mol. The van der Waals surface area contributed by atoms with Crippen molar-refractivity contribution in [1.29, 1.82) is 0 Å². The normalized spacial score (nSPS) is 18.7. The molecule has 300 valence electrons. The maximum atomic E-state index is 6.82. The van der Waals surface area contributed by atoms with Gasteiger partial charge in [-0.1, -0.05) is 161 Å². The summed E-state index contributed by atoms with van der Waals surface area (Å²) in [5.41, 5.74) is 15.2. The van der Waals surface area contributed by atoms with Crippen molar-refractivity contribution in [3.8, 4) is 39.9 Å². The predicted molar refractivity (Wildman–Crippen MR) is 247 cm³/mol. The van der Waals surface area contributed by atoms with Gasteiger partial charge in [-0.25, -0.2) is 19.9 Å². The van der Waals surface area contributed by atoms with Gasteiger partial charge in [0.15, 0.2) is 23.3 Å². The highest BCUT2D eigenvalue weighted by molar-refractivity contribution is 6.11. The molecular weight excluding hydrogens is 749 g/mol. The molecular formula is C54H48N6O. The summed E-state index contributed by atoms with van der Waals surface area (Å²) in [4.78, 5) is 25.5. The number of hydrogen-bond acceptors (Lipinski definition) is 5. The van der Waals surface area contributed by atoms with Gasteiger partial charge in [0.05, 0.1) is 11.6 Å². The highest BCUT2D eigenvalue weighted by Gasteiger charge is 2.38. The molecule has 0 radical (unpaired) electrons. The molecule has 2 unspecified atom stereocenters. The van der Waals surface area contributed by atoms with E-state index < -0.39 is 0 Å². The van der Waals surface area contributed by atoms with Gasteiger partial charge in [0.2, 0.25) is 0 Å². The molecule has 0 saturated carbocycles. The lowest BCUT2D eigenvalue weighted by Crippen LogP contribution is -2.29. The number of nitrogens with two attached hydrogens (primary N) is 1. The first-order valence-corrected chi connectivity index (χ1v) is 21.1. The van der Waals surface area contributed by atoms with Crippen LogP contribution in [0.5, 0.6) is 5.75 Å². The van der Waals surface area contributed by atoms with Crippen LogP contribution in [0.1, 0.15) is 69.2 Å². The molecule has 2 aliphatic carbocycles. The van der Waals surface area contributed by atoms with Gasteiger partial charge < -0.3 is 10.5 Å². The number of hydrogen-bond donors (Lipinski definition) is 1. The number of aromatic nitrogens is 3. The topological polar surface area (TPSA) is 98.6 Å². The van der Waals surface area contributed by atoms with E-state index >= 15 is 0 Å². The first kappa shape index (κ1) is 39.3. The van der Waals surface area contributed by atoms with Crippen LogP contribution in [-0.4, -0.2) is 32.7 Å². The third-order valence-corrected chi connectivity index (χ3v) is 11.9. The van der Waals surface area contributed by atoms with Gasteiger partial charge >= 0.3 is 0 Å². The van der Waals surface area contributed by atoms with Crippen LogP contribution in [0.3, 0.4) is 0 Å². The summed E-state index contributed by atoms with van der Waals surface area (Å²) in [6, 6.07) is 46.3. The van der Waals surface area contributed by atoms with Crippen molar-refractivity contribution in [1.82, 2.24) is 15.0 Å². The van der Waals surface area contributed by atoms with Crippen molar-refractivity contribution in [2.24, 2.45) is 27.6 Å². The molecule has 0 spiro atoms. The molecule has 6 aromatic rings. The number of rotatable bonds is 9. The Bertz CT molecular complexity index is 2760. The zero-order valence-corrected chi connectivity index (χ0v) is 35.0. The summed E-state index contributed by atoms with van der Waals surface area (Å²) in [5.74, 6) is 5.25. The Morgan fingerprint density at radius 3 is 2.26 bits per heavy atom. The van der Waals surface area contributed by atoms with Crippen LogP contribution < -0.4 is 10.5 Å². The van der Waals surface area contributed by atoms with Crippen LogP contribution in [0.15, 0.2) is 173 Å². The number of allylic oxidation sites excluding steroid dienone is 7. The van der Waals surface area contributed by atoms with Crippen LogP contribution in [-0.2, 0) is 5.41 Å². The van der Waals surface area contributed by atoms with E-state index in [9.17, 15) is 0 Å². The predicted octanol–water partition coefficient (Wildman–Crippen LogP) is 11.6. The summed E-state index contributed by atoms with van der Waals surface area (Å²) in [7, 11) is 0. The fourth-order valence-corrected chi connectivity index (χ4v) is 8.46. The van der Waals surface area contributed by atoms with Gasteiger partial charge in [-0.2, -0.15) is 0 Å². The number of benzene rings is 4. The molecule has 0 saturated heterocycles. The third-order valence-electron chi connectivity index (χ3n) is 11.9. The third kappa shape index (κ3) is 8.10. The Labute approximate surface area is 359 Å². The molecule has 0 fully saturated rings. The summed E-state index contributed by atoms with van der Waals surface area (Å²) in [5, 5.41) is 0. The van der Waals surface area contributed by atoms with E-state index in [1.54, 1.807) is 12.1 Å². The maximum Gasteiger partial charge on any atom is 0.167 e. The van der Waals surface area contributed by atoms with Crippen LogP contribution in [0, 0.1) is 24.0 Å². The quantitative estimate of drug-likeness (QED) is 0.116. The molecule has 0 amide bonds.